The van der Waals surface area contributed by atoms with E-state index in [4.69, 9.17) is 9.47 Å². The van der Waals surface area contributed by atoms with Crippen LogP contribution in [0.15, 0.2) is 60.8 Å². The average molecular weight is 486 g/mol. The highest BCUT2D eigenvalue weighted by molar-refractivity contribution is 5.96. The van der Waals surface area contributed by atoms with Crippen molar-refractivity contribution in [2.24, 2.45) is 0 Å². The fraction of sp³-hybridized carbons (Fsp3) is 0.240. The van der Waals surface area contributed by atoms with Gasteiger partial charge in [0.2, 0.25) is 5.75 Å². The molecule has 0 unspecified atom stereocenters. The van der Waals surface area contributed by atoms with E-state index >= 15 is 0 Å². The zero-order valence-electron chi connectivity index (χ0n) is 19.2. The third-order valence-corrected chi connectivity index (χ3v) is 5.41. The fourth-order valence-electron chi connectivity index (χ4n) is 3.63. The molecule has 0 saturated heterocycles. The second-order valence-corrected chi connectivity index (χ2v) is 7.83. The highest BCUT2D eigenvalue weighted by atomic mass is 19.1. The SMILES string of the molecule is COc1cc[n+]([O-])c(C(=O)N[C@@H](C)C(=O)O[C@@H](C)C(c2ccc(F)cc2)c2ccc(F)cc2)c1O. The van der Waals surface area contributed by atoms with Crippen molar-refractivity contribution in [2.75, 3.05) is 7.11 Å². The largest absolute Gasteiger partial charge is 0.618 e. The van der Waals surface area contributed by atoms with Crippen LogP contribution in [-0.2, 0) is 9.53 Å². The van der Waals surface area contributed by atoms with Crippen LogP contribution in [0.3, 0.4) is 0 Å². The summed E-state index contributed by atoms with van der Waals surface area (Å²) in [6.45, 7) is 2.97. The van der Waals surface area contributed by atoms with Crippen molar-refractivity contribution < 1.29 is 37.7 Å². The molecule has 1 heterocycles. The first kappa shape index (κ1) is 25.4. The summed E-state index contributed by atoms with van der Waals surface area (Å²) in [5, 5.41) is 24.4. The summed E-state index contributed by atoms with van der Waals surface area (Å²) < 4.78 is 37.5. The first-order valence-corrected chi connectivity index (χ1v) is 10.6. The minimum Gasteiger partial charge on any atom is -0.618 e. The van der Waals surface area contributed by atoms with Crippen molar-refractivity contribution in [3.63, 3.8) is 0 Å². The van der Waals surface area contributed by atoms with Gasteiger partial charge in [0.05, 0.1) is 7.11 Å². The van der Waals surface area contributed by atoms with Gasteiger partial charge in [-0.1, -0.05) is 24.3 Å². The minimum atomic E-state index is -1.20. The van der Waals surface area contributed by atoms with Crippen LogP contribution >= 0.6 is 0 Å². The molecule has 10 heteroatoms. The number of nitrogens with zero attached hydrogens (tertiary/aromatic N) is 1. The van der Waals surface area contributed by atoms with Gasteiger partial charge in [-0.25, -0.2) is 13.6 Å². The number of carbonyl (C=O) groups excluding carboxylic acids is 2. The molecule has 0 radical (unpaired) electrons. The molecule has 0 aliphatic carbocycles. The Kier molecular flexibility index (Phi) is 7.85. The molecular formula is C25H24F2N2O6. The molecule has 0 aliphatic rings. The van der Waals surface area contributed by atoms with Crippen molar-refractivity contribution in [2.45, 2.75) is 31.9 Å². The molecular weight excluding hydrogens is 462 g/mol. The van der Waals surface area contributed by atoms with Gasteiger partial charge in [-0.05, 0) is 49.2 Å². The maximum absolute atomic E-state index is 13.5. The molecule has 1 amide bonds. The van der Waals surface area contributed by atoms with Crippen LogP contribution in [-0.4, -0.2) is 36.2 Å². The van der Waals surface area contributed by atoms with Gasteiger partial charge in [0.1, 0.15) is 23.8 Å². The number of hydrogen-bond donors (Lipinski definition) is 2. The number of halogens is 2. The summed E-state index contributed by atoms with van der Waals surface area (Å²) >= 11 is 0. The predicted octanol–water partition coefficient (Wildman–Crippen LogP) is 3.19. The van der Waals surface area contributed by atoms with E-state index in [0.717, 1.165) is 6.20 Å². The van der Waals surface area contributed by atoms with Gasteiger partial charge in [-0.15, -0.1) is 0 Å². The van der Waals surface area contributed by atoms with Gasteiger partial charge in [0.15, 0.2) is 11.9 Å². The lowest BCUT2D eigenvalue weighted by Crippen LogP contribution is -2.46. The zero-order valence-corrected chi connectivity index (χ0v) is 19.2. The molecule has 35 heavy (non-hydrogen) atoms. The number of aromatic hydroxyl groups is 1. The summed E-state index contributed by atoms with van der Waals surface area (Å²) in [7, 11) is 1.26. The number of rotatable bonds is 8. The number of nitrogens with one attached hydrogen (secondary N) is 1. The molecule has 184 valence electrons. The molecule has 0 fully saturated rings. The number of esters is 1. The summed E-state index contributed by atoms with van der Waals surface area (Å²) in [5.41, 5.74) is 0.611. The van der Waals surface area contributed by atoms with E-state index in [9.17, 15) is 28.7 Å². The average Bonchev–Trinajstić information content (AvgIpc) is 2.81. The Morgan fingerprint density at radius 2 is 1.49 bits per heavy atom. The van der Waals surface area contributed by atoms with E-state index < -0.39 is 53.0 Å². The maximum Gasteiger partial charge on any atom is 0.328 e. The molecule has 3 aromatic rings. The van der Waals surface area contributed by atoms with Crippen LogP contribution in [0.1, 0.15) is 41.4 Å². The third kappa shape index (κ3) is 5.84. The van der Waals surface area contributed by atoms with Gasteiger partial charge < -0.3 is 25.1 Å². The molecule has 0 bridgehead atoms. The minimum absolute atomic E-state index is 0.0902. The molecule has 2 atom stereocenters. The van der Waals surface area contributed by atoms with Crippen LogP contribution in [0.4, 0.5) is 8.78 Å². The Hall–Kier alpha value is -4.21. The first-order chi connectivity index (χ1) is 16.6. The van der Waals surface area contributed by atoms with Crippen LogP contribution in [0.5, 0.6) is 11.5 Å². The zero-order chi connectivity index (χ0) is 25.7. The quantitative estimate of drug-likeness (QED) is 0.287. The van der Waals surface area contributed by atoms with Crippen LogP contribution in [0.25, 0.3) is 0 Å². The third-order valence-electron chi connectivity index (χ3n) is 5.41. The van der Waals surface area contributed by atoms with Gasteiger partial charge >= 0.3 is 17.6 Å². The van der Waals surface area contributed by atoms with Crippen LogP contribution in [0, 0.1) is 16.8 Å². The van der Waals surface area contributed by atoms with Gasteiger partial charge in [-0.2, -0.15) is 4.73 Å². The molecule has 2 N–H and O–H groups in total. The molecule has 0 saturated carbocycles. The lowest BCUT2D eigenvalue weighted by Gasteiger charge is -2.26. The predicted molar refractivity (Wildman–Crippen MR) is 121 cm³/mol. The lowest BCUT2D eigenvalue weighted by molar-refractivity contribution is -0.608. The monoisotopic (exact) mass is 486 g/mol. The first-order valence-electron chi connectivity index (χ1n) is 10.6. The lowest BCUT2D eigenvalue weighted by atomic mass is 9.87. The van der Waals surface area contributed by atoms with E-state index in [-0.39, 0.29) is 10.5 Å². The molecule has 3 rings (SSSR count). The van der Waals surface area contributed by atoms with E-state index in [1.54, 1.807) is 6.92 Å². The Balaban J connectivity index is 1.78. The summed E-state index contributed by atoms with van der Waals surface area (Å²) in [6.07, 6.45) is 0.182. The second-order valence-electron chi connectivity index (χ2n) is 7.83. The molecule has 0 aliphatic heterocycles. The van der Waals surface area contributed by atoms with E-state index in [0.29, 0.717) is 11.1 Å². The topological polar surface area (TPSA) is 112 Å². The maximum atomic E-state index is 13.5. The molecule has 2 aromatic carbocycles. The van der Waals surface area contributed by atoms with Crippen molar-refractivity contribution in [3.05, 3.63) is 94.5 Å². The number of amides is 1. The number of benzene rings is 2. The second kappa shape index (κ2) is 10.8. The fourth-order valence-corrected chi connectivity index (χ4v) is 3.63. The van der Waals surface area contributed by atoms with E-state index in [1.165, 1.54) is 68.6 Å². The Morgan fingerprint density at radius 3 is 1.97 bits per heavy atom. The van der Waals surface area contributed by atoms with Crippen molar-refractivity contribution in [3.8, 4) is 11.5 Å². The number of ether oxygens (including phenoxy) is 2. The van der Waals surface area contributed by atoms with Crippen molar-refractivity contribution in [1.29, 1.82) is 0 Å². The smallest absolute Gasteiger partial charge is 0.328 e. The number of hydrogen-bond acceptors (Lipinski definition) is 6. The summed E-state index contributed by atoms with van der Waals surface area (Å²) in [5.74, 6) is -4.04. The van der Waals surface area contributed by atoms with Crippen molar-refractivity contribution in [1.82, 2.24) is 5.32 Å². The number of carbonyl (C=O) groups is 2. The standard InChI is InChI=1S/C25H24F2N2O6/c1-14(28-24(31)22-23(30)20(34-3)12-13-29(22)33)25(32)35-15(2)21(16-4-8-18(26)9-5-16)17-6-10-19(27)11-7-17/h4-15,21,30H,1-3H3,(H,28,31)/t14-,15-/m0/s1. The Bertz CT molecular complexity index is 1160. The van der Waals surface area contributed by atoms with Crippen molar-refractivity contribution >= 4 is 11.9 Å². The Labute approximate surface area is 200 Å². The highest BCUT2D eigenvalue weighted by Gasteiger charge is 2.31. The summed E-state index contributed by atoms with van der Waals surface area (Å²) in [6, 6.07) is 11.2. The van der Waals surface area contributed by atoms with E-state index in [2.05, 4.69) is 5.32 Å². The molecule has 8 nitrogen and oxygen atoms in total. The van der Waals surface area contributed by atoms with Gasteiger partial charge in [0, 0.05) is 12.0 Å². The molecule has 0 spiro atoms. The van der Waals surface area contributed by atoms with Crippen LogP contribution in [0.2, 0.25) is 0 Å². The Morgan fingerprint density at radius 1 is 0.971 bits per heavy atom. The summed E-state index contributed by atoms with van der Waals surface area (Å²) in [4.78, 5) is 25.3. The normalized spacial score (nSPS) is 12.6. The molecule has 1 aromatic heterocycles. The van der Waals surface area contributed by atoms with Gasteiger partial charge in [0.25, 0.3) is 0 Å². The highest BCUT2D eigenvalue weighted by Crippen LogP contribution is 2.31. The van der Waals surface area contributed by atoms with Crippen LogP contribution < -0.4 is 14.8 Å². The number of aromatic nitrogens is 1. The van der Waals surface area contributed by atoms with E-state index in [1.807, 2.05) is 0 Å². The number of pyridine rings is 1. The number of methoxy groups -OCH3 is 1. The van der Waals surface area contributed by atoms with Gasteiger partial charge in [-0.3, -0.25) is 4.79 Å².